The van der Waals surface area contributed by atoms with E-state index in [-0.39, 0.29) is 17.9 Å². The van der Waals surface area contributed by atoms with E-state index in [1.54, 1.807) is 73.3 Å². The van der Waals surface area contributed by atoms with Crippen molar-refractivity contribution >= 4 is 17.4 Å². The van der Waals surface area contributed by atoms with Crippen molar-refractivity contribution in [3.63, 3.8) is 0 Å². The molecule has 150 valence electrons. The van der Waals surface area contributed by atoms with Gasteiger partial charge in [-0.25, -0.2) is 0 Å². The van der Waals surface area contributed by atoms with Crippen LogP contribution in [0.3, 0.4) is 0 Å². The minimum atomic E-state index is -0.743. The molecule has 0 radical (unpaired) electrons. The second kappa shape index (κ2) is 8.16. The van der Waals surface area contributed by atoms with Crippen LogP contribution in [0.1, 0.15) is 22.7 Å². The molecule has 1 N–H and O–H groups in total. The third-order valence-electron chi connectivity index (χ3n) is 5.01. The van der Waals surface area contributed by atoms with Gasteiger partial charge in [-0.2, -0.15) is 0 Å². The molecule has 3 heterocycles. The second-order valence-corrected chi connectivity index (χ2v) is 6.79. The fraction of sp³-hybridized carbons (Fsp3) is 0.130. The third-order valence-corrected chi connectivity index (χ3v) is 5.01. The summed E-state index contributed by atoms with van der Waals surface area (Å²) in [6, 6.07) is 13.0. The van der Waals surface area contributed by atoms with E-state index in [4.69, 9.17) is 4.74 Å². The number of pyridine rings is 2. The predicted molar refractivity (Wildman–Crippen MR) is 109 cm³/mol. The summed E-state index contributed by atoms with van der Waals surface area (Å²) in [5.74, 6) is -1.11. The number of carbonyl (C=O) groups is 2. The molecule has 0 aliphatic carbocycles. The first-order chi connectivity index (χ1) is 14.6. The van der Waals surface area contributed by atoms with Gasteiger partial charge in [-0.15, -0.1) is 0 Å². The first-order valence-electron chi connectivity index (χ1n) is 9.32. The number of ether oxygens (including phenoxy) is 1. The number of rotatable bonds is 5. The highest BCUT2D eigenvalue weighted by molar-refractivity contribution is 6.46. The second-order valence-electron chi connectivity index (χ2n) is 6.79. The molecule has 0 saturated carbocycles. The lowest BCUT2D eigenvalue weighted by molar-refractivity contribution is -0.140. The SMILES string of the molecule is COc1cccc(/C(O)=C2\C(=O)C(=O)N(Cc3ccncc3)C2c2ccncc2)c1. The quantitative estimate of drug-likeness (QED) is 0.401. The summed E-state index contributed by atoms with van der Waals surface area (Å²) in [7, 11) is 1.52. The predicted octanol–water partition coefficient (Wildman–Crippen LogP) is 3.11. The Hall–Kier alpha value is -4.00. The summed E-state index contributed by atoms with van der Waals surface area (Å²) < 4.78 is 5.22. The van der Waals surface area contributed by atoms with Gasteiger partial charge in [0, 0.05) is 36.9 Å². The summed E-state index contributed by atoms with van der Waals surface area (Å²) in [6.07, 6.45) is 6.44. The Morgan fingerprint density at radius 3 is 2.37 bits per heavy atom. The maximum atomic E-state index is 13.0. The molecule has 4 rings (SSSR count). The summed E-state index contributed by atoms with van der Waals surface area (Å²) in [6.45, 7) is 0.203. The van der Waals surface area contributed by atoms with Crippen molar-refractivity contribution in [2.45, 2.75) is 12.6 Å². The molecule has 30 heavy (non-hydrogen) atoms. The molecule has 1 atom stereocenters. The molecule has 1 aliphatic rings. The van der Waals surface area contributed by atoms with Crippen molar-refractivity contribution in [1.82, 2.24) is 14.9 Å². The van der Waals surface area contributed by atoms with Crippen LogP contribution in [0, 0.1) is 0 Å². The molecule has 3 aromatic rings. The van der Waals surface area contributed by atoms with E-state index in [9.17, 15) is 14.7 Å². The molecule has 1 fully saturated rings. The minimum absolute atomic E-state index is 0.0357. The van der Waals surface area contributed by atoms with Crippen LogP contribution in [0.15, 0.2) is 78.9 Å². The number of hydrogen-bond donors (Lipinski definition) is 1. The van der Waals surface area contributed by atoms with Crippen LogP contribution in [0.25, 0.3) is 5.76 Å². The zero-order valence-corrected chi connectivity index (χ0v) is 16.2. The number of ketones is 1. The normalized spacial score (nSPS) is 17.9. The van der Waals surface area contributed by atoms with Gasteiger partial charge in [0.05, 0.1) is 18.7 Å². The lowest BCUT2D eigenvalue weighted by Crippen LogP contribution is -2.29. The molecule has 1 aromatic carbocycles. The van der Waals surface area contributed by atoms with E-state index in [2.05, 4.69) is 9.97 Å². The molecule has 0 spiro atoms. The Morgan fingerprint density at radius 2 is 1.70 bits per heavy atom. The zero-order chi connectivity index (χ0) is 21.1. The summed E-state index contributed by atoms with van der Waals surface area (Å²) in [5.41, 5.74) is 1.94. The van der Waals surface area contributed by atoms with Gasteiger partial charge in [0.15, 0.2) is 0 Å². The van der Waals surface area contributed by atoms with Gasteiger partial charge in [-0.05, 0) is 47.5 Å². The third kappa shape index (κ3) is 3.53. The summed E-state index contributed by atoms with van der Waals surface area (Å²) >= 11 is 0. The van der Waals surface area contributed by atoms with Crippen LogP contribution >= 0.6 is 0 Å². The Kier molecular flexibility index (Phi) is 5.26. The highest BCUT2D eigenvalue weighted by atomic mass is 16.5. The first kappa shape index (κ1) is 19.3. The number of benzene rings is 1. The van der Waals surface area contributed by atoms with Crippen molar-refractivity contribution in [2.24, 2.45) is 0 Å². The largest absolute Gasteiger partial charge is 0.507 e. The molecule has 1 amide bonds. The van der Waals surface area contributed by atoms with E-state index >= 15 is 0 Å². The average Bonchev–Trinajstić information content (AvgIpc) is 3.05. The minimum Gasteiger partial charge on any atom is -0.507 e. The summed E-state index contributed by atoms with van der Waals surface area (Å²) in [5, 5.41) is 11.0. The Balaban J connectivity index is 1.85. The Morgan fingerprint density at radius 1 is 1.03 bits per heavy atom. The van der Waals surface area contributed by atoms with Crippen LogP contribution in [-0.4, -0.2) is 38.8 Å². The lowest BCUT2D eigenvalue weighted by atomic mass is 9.96. The molecular weight excluding hydrogens is 382 g/mol. The van der Waals surface area contributed by atoms with Gasteiger partial charge in [0.1, 0.15) is 11.5 Å². The van der Waals surface area contributed by atoms with Crippen molar-refractivity contribution in [3.8, 4) is 5.75 Å². The molecule has 2 aromatic heterocycles. The maximum Gasteiger partial charge on any atom is 0.295 e. The van der Waals surface area contributed by atoms with Crippen LogP contribution in [0.5, 0.6) is 5.75 Å². The number of hydrogen-bond acceptors (Lipinski definition) is 6. The molecule has 1 unspecified atom stereocenters. The number of carbonyl (C=O) groups excluding carboxylic acids is 2. The summed E-state index contributed by atoms with van der Waals surface area (Å²) in [4.78, 5) is 35.4. The molecule has 0 bridgehead atoms. The number of Topliss-reactive ketones (excluding diaryl/α,β-unsaturated/α-hetero) is 1. The Bertz CT molecular complexity index is 1110. The van der Waals surface area contributed by atoms with E-state index < -0.39 is 17.7 Å². The van der Waals surface area contributed by atoms with Crippen molar-refractivity contribution in [2.75, 3.05) is 7.11 Å². The van der Waals surface area contributed by atoms with Gasteiger partial charge >= 0.3 is 0 Å². The van der Waals surface area contributed by atoms with Crippen molar-refractivity contribution < 1.29 is 19.4 Å². The number of nitrogens with zero attached hydrogens (tertiary/aromatic N) is 3. The fourth-order valence-electron chi connectivity index (χ4n) is 3.55. The smallest absolute Gasteiger partial charge is 0.295 e. The standard InChI is InChI=1S/C23H19N3O4/c1-30-18-4-2-3-17(13-18)21(27)19-20(16-7-11-25-12-8-16)26(23(29)22(19)28)14-15-5-9-24-10-6-15/h2-13,20,27H,14H2,1H3/b21-19+. The number of amides is 1. The first-order valence-corrected chi connectivity index (χ1v) is 9.32. The highest BCUT2D eigenvalue weighted by Gasteiger charge is 2.46. The Labute approximate surface area is 173 Å². The molecule has 7 heteroatoms. The average molecular weight is 401 g/mol. The molecule has 7 nitrogen and oxygen atoms in total. The maximum absolute atomic E-state index is 13.0. The van der Waals surface area contributed by atoms with E-state index in [0.717, 1.165) is 5.56 Å². The van der Waals surface area contributed by atoms with Crippen molar-refractivity contribution in [3.05, 3.63) is 95.6 Å². The van der Waals surface area contributed by atoms with Crippen LogP contribution in [0.2, 0.25) is 0 Å². The molecular formula is C23H19N3O4. The molecule has 1 aliphatic heterocycles. The topological polar surface area (TPSA) is 92.6 Å². The highest BCUT2D eigenvalue weighted by Crippen LogP contribution is 2.40. The van der Waals surface area contributed by atoms with Gasteiger partial charge in [-0.3, -0.25) is 19.6 Å². The van der Waals surface area contributed by atoms with Crippen LogP contribution in [0.4, 0.5) is 0 Å². The van der Waals surface area contributed by atoms with Gasteiger partial charge in [0.2, 0.25) is 0 Å². The lowest BCUT2D eigenvalue weighted by Gasteiger charge is -2.25. The van der Waals surface area contributed by atoms with Crippen LogP contribution in [-0.2, 0) is 16.1 Å². The van der Waals surface area contributed by atoms with Gasteiger partial charge in [-0.1, -0.05) is 12.1 Å². The molecule has 1 saturated heterocycles. The number of likely N-dealkylation sites (tertiary alicyclic amines) is 1. The zero-order valence-electron chi connectivity index (χ0n) is 16.2. The van der Waals surface area contributed by atoms with Crippen LogP contribution < -0.4 is 4.74 Å². The van der Waals surface area contributed by atoms with Gasteiger partial charge in [0.25, 0.3) is 11.7 Å². The number of methoxy groups -OCH3 is 1. The van der Waals surface area contributed by atoms with E-state index in [1.165, 1.54) is 12.0 Å². The number of aromatic nitrogens is 2. The fourth-order valence-corrected chi connectivity index (χ4v) is 3.55. The number of aliphatic hydroxyl groups excluding tert-OH is 1. The number of aliphatic hydroxyl groups is 1. The van der Waals surface area contributed by atoms with E-state index in [1.807, 2.05) is 0 Å². The van der Waals surface area contributed by atoms with Gasteiger partial charge < -0.3 is 14.7 Å². The van der Waals surface area contributed by atoms with Crippen molar-refractivity contribution in [1.29, 1.82) is 0 Å². The monoisotopic (exact) mass is 401 g/mol. The van der Waals surface area contributed by atoms with E-state index in [0.29, 0.717) is 16.9 Å².